The van der Waals surface area contributed by atoms with Crippen molar-refractivity contribution < 1.29 is 60.6 Å². The summed E-state index contributed by atoms with van der Waals surface area (Å²) in [7, 11) is 7.77. The van der Waals surface area contributed by atoms with E-state index in [9.17, 15) is 5.48 Å². The van der Waals surface area contributed by atoms with Gasteiger partial charge >= 0.3 is 0 Å². The Morgan fingerprint density at radius 2 is 0.584 bits per heavy atom. The first-order chi connectivity index (χ1) is 73.6. The molecule has 0 unspecified atom stereocenters. The van der Waals surface area contributed by atoms with E-state index in [0.29, 0.717) is 73.2 Å². The molecule has 2 fully saturated rings. The van der Waals surface area contributed by atoms with Crippen molar-refractivity contribution in [3.8, 4) is 89.5 Å². The summed E-state index contributed by atoms with van der Waals surface area (Å²) in [5.41, 5.74) is 28.5. The van der Waals surface area contributed by atoms with E-state index < -0.39 is 72.9 Å². The van der Waals surface area contributed by atoms with E-state index in [2.05, 4.69) is 80.5 Å². The highest BCUT2D eigenvalue weighted by atomic mass is 16.3. The molecule has 12 nitrogen and oxygen atoms in total. The number of pyridine rings is 4. The second-order valence-electron chi connectivity index (χ2n) is 36.2. The van der Waals surface area contributed by atoms with Crippen molar-refractivity contribution in [2.75, 3.05) is 0 Å². The lowest BCUT2D eigenvalue weighted by Crippen LogP contribution is -2.37. The van der Waals surface area contributed by atoms with Crippen molar-refractivity contribution in [1.82, 2.24) is 0 Å². The summed E-state index contributed by atoms with van der Waals surface area (Å²) in [6, 6.07) is 54.0. The number of fused-ring (bicyclic) bond motifs is 12. The van der Waals surface area contributed by atoms with Gasteiger partial charge in [-0.25, -0.2) is 19.4 Å². The first-order valence-electron chi connectivity index (χ1n) is 55.3. The molecule has 0 aliphatic heterocycles. The van der Waals surface area contributed by atoms with Crippen molar-refractivity contribution >= 4 is 111 Å². The summed E-state index contributed by atoms with van der Waals surface area (Å²) < 4.78 is 187. The van der Waals surface area contributed by atoms with Gasteiger partial charge in [0.25, 0.3) is 0 Å². The fourth-order valence-electron chi connectivity index (χ4n) is 20.8. The second-order valence-corrected chi connectivity index (χ2v) is 36.2. The average Bonchev–Trinajstić information content (AvgIpc) is 1.60. The lowest BCUT2D eigenvalue weighted by molar-refractivity contribution is -0.667. The molecular weight excluding hydrogens is 1680 g/mol. The smallest absolute Gasteiger partial charge is 0.216 e. The predicted octanol–water partition coefficient (Wildman–Crippen LogP) is 33.4. The summed E-state index contributed by atoms with van der Waals surface area (Å²) in [6.07, 6.45) is 8.82. The Morgan fingerprint density at radius 1 is 0.307 bits per heavy atom. The molecular formula is C125H114N8O4+4. The predicted molar refractivity (Wildman–Crippen MR) is 561 cm³/mol. The highest BCUT2D eigenvalue weighted by Crippen LogP contribution is 2.52. The molecule has 20 aromatic rings. The molecule has 0 saturated heterocycles. The van der Waals surface area contributed by atoms with Crippen LogP contribution in [-0.4, -0.2) is 0 Å². The zero-order chi connectivity index (χ0) is 111. The van der Waals surface area contributed by atoms with Gasteiger partial charge in [-0.3, -0.25) is 0 Å². The van der Waals surface area contributed by atoms with Crippen LogP contribution in [-0.2, 0) is 28.2 Å². The molecule has 2 aliphatic rings. The highest BCUT2D eigenvalue weighted by Gasteiger charge is 2.35. The first kappa shape index (κ1) is 71.0. The number of aromatic nitrogens is 4. The van der Waals surface area contributed by atoms with Gasteiger partial charge in [-0.05, 0) is 160 Å². The van der Waals surface area contributed by atoms with Crippen LogP contribution in [0.5, 0.6) is 0 Å². The standard InChI is InChI=1S/C34H33N2O.C33H31N2O.C30H27N2O.C28H23N2O/c1-21-16-17-26-27-18-19-28(35-4)32(25-14-10-7-11-15-25)34(27)37-33(26)31(21)29-20-22(2)30(23(3)36(29)5)24-12-8-6-9-13-24;1-20-15-16-25-26-17-18-27(34-4)31(24-11-7-6-8-12-24)33(26)36-32(25)30(20)28-19-21(2)29(22(3)35(28)5)23-13-9-10-14-23;1-18(2)22-15-17-26(32(6)20(22)4)27-19(3)12-13-23-24-14-16-25(31-5)28(30(24)33-29(23)27)21-10-8-7-9-11-21;1-17-12-16-24(30(5)19(17)3)25-18(2)11-13-21-22-14-15-23(29-4)26(28(22)31-27(21)25)20-9-7-6-8-10-20/h7,10-11,14-20,24H,6,8-9,12-13H2,1-3,5H3;6-8,11-12,15-19,23H,9-10,13-14H2,1-3,5H3;7-18H,1-4,6H3;6-16H,1-3,5H3/q4*+1/i20D,24D;19D,23D;7D,8D,9D,10D,11D,18D;1D3,6D,7D,8D,9D,10D. The molecule has 137 heavy (non-hydrogen) atoms. The number of nitrogens with zero attached hydrogens (tertiary/aromatic N) is 8. The second kappa shape index (κ2) is 37.3. The lowest BCUT2D eigenvalue weighted by Gasteiger charge is -2.24. The largest absolute Gasteiger partial charge is 0.456 e. The molecule has 8 aromatic heterocycles. The quantitative estimate of drug-likeness (QED) is 0.0954. The molecule has 0 radical (unpaired) electrons. The monoisotopic (exact) mass is 1810 g/mol. The summed E-state index contributed by atoms with van der Waals surface area (Å²) in [5, 5.41) is 6.68. The van der Waals surface area contributed by atoms with E-state index in [1.165, 1.54) is 6.42 Å². The molecule has 674 valence electrons. The van der Waals surface area contributed by atoms with Gasteiger partial charge in [-0.1, -0.05) is 264 Å². The Kier molecular flexibility index (Phi) is 19.4. The molecule has 8 heterocycles. The van der Waals surface area contributed by atoms with Gasteiger partial charge in [-0.2, -0.15) is 18.3 Å². The van der Waals surface area contributed by atoms with Crippen LogP contribution in [0.3, 0.4) is 0 Å². The first-order valence-corrected chi connectivity index (χ1v) is 46.3. The van der Waals surface area contributed by atoms with Crippen molar-refractivity contribution in [2.24, 2.45) is 28.2 Å². The third-order valence-electron chi connectivity index (χ3n) is 28.1. The maximum atomic E-state index is 9.38. The average molecular weight is 1810 g/mol. The Bertz CT molecular complexity index is 9170. The van der Waals surface area contributed by atoms with Crippen LogP contribution in [0, 0.1) is 102 Å². The zero-order valence-corrected chi connectivity index (χ0v) is 79.9. The topological polar surface area (TPSA) is 85.5 Å². The van der Waals surface area contributed by atoms with E-state index in [0.717, 1.165) is 224 Å². The lowest BCUT2D eigenvalue weighted by atomic mass is 9.81. The van der Waals surface area contributed by atoms with Crippen molar-refractivity contribution in [3.63, 3.8) is 0 Å². The molecule has 0 spiro atoms. The normalized spacial score (nSPS) is 15.4. The Balaban J connectivity index is 0.000000129. The van der Waals surface area contributed by atoms with E-state index in [1.807, 2.05) is 196 Å². The minimum absolute atomic E-state index is 0.0571. The van der Waals surface area contributed by atoms with Crippen LogP contribution in [0.1, 0.15) is 192 Å². The SMILES string of the molecule is [2H]c1c(C)c(C2([2H])CCCC2)c(C)[n+](C)c1-c1c(C)ccc2c1oc1c(-c3ccccc3)c([N+]#[C-])ccc12.[2H]c1c(C)c(C2([2H])CCCCC2)c(C)[n+](C)c1-c1c(C)ccc2c1oc1c(-c3ccccc3)c([N+]#[C-])ccc12.[2H]c1c([2H])c([2H])c(-c2c([N+]#[C-])ccc3c2oc2c(-c4ccc(C([2H])(C)C)c(C)[n+]4C)c(C)ccc23)c([2H])c1[2H].[2H]c1c([2H])c([2H])c(-c2c([N+]#[C-])ccc3c2oc2c(-c4ccc(C([2H])([2H])[2H])c(C)[n+]4C)c(C)ccc23)c([2H])c1[2H]. The van der Waals surface area contributed by atoms with Crippen molar-refractivity contribution in [1.29, 1.82) is 0 Å². The number of hydrogen-bond acceptors (Lipinski definition) is 4. The molecule has 12 aromatic carbocycles. The number of furan rings is 4. The fourth-order valence-corrected chi connectivity index (χ4v) is 20.8. The summed E-state index contributed by atoms with van der Waals surface area (Å²) in [5.74, 6) is -2.03. The van der Waals surface area contributed by atoms with Gasteiger partial charge in [0.15, 0.2) is 45.5 Å². The van der Waals surface area contributed by atoms with E-state index >= 15 is 0 Å². The summed E-state index contributed by atoms with van der Waals surface area (Å²) >= 11 is 0. The van der Waals surface area contributed by atoms with Crippen molar-refractivity contribution in [2.45, 2.75) is 165 Å². The number of hydrogen-bond donors (Lipinski definition) is 0. The van der Waals surface area contributed by atoms with Crippen LogP contribution in [0.25, 0.3) is 197 Å². The Hall–Kier alpha value is -15.6. The molecule has 0 atom stereocenters. The van der Waals surface area contributed by atoms with Crippen LogP contribution in [0.4, 0.5) is 22.7 Å². The minimum atomic E-state index is -2.27. The van der Waals surface area contributed by atoms with Gasteiger partial charge < -0.3 is 17.7 Å². The van der Waals surface area contributed by atoms with E-state index in [4.69, 9.17) is 63.1 Å². The van der Waals surface area contributed by atoms with E-state index in [1.54, 1.807) is 54.9 Å². The summed E-state index contributed by atoms with van der Waals surface area (Å²) in [6.45, 7) is 52.6. The fraction of sp³-hybridized carbons (Fsp3) is 0.232. The molecule has 2 saturated carbocycles. The molecule has 2 aliphatic carbocycles. The van der Waals surface area contributed by atoms with Gasteiger partial charge in [0, 0.05) is 148 Å². The molecule has 0 bridgehead atoms. The van der Waals surface area contributed by atoms with Gasteiger partial charge in [-0.15, -0.1) is 0 Å². The number of aryl methyl sites for hydroxylation is 5. The number of benzene rings is 12. The van der Waals surface area contributed by atoms with Crippen LogP contribution < -0.4 is 18.3 Å². The molecule has 0 N–H and O–H groups in total. The van der Waals surface area contributed by atoms with Crippen LogP contribution >= 0.6 is 0 Å². The van der Waals surface area contributed by atoms with Gasteiger partial charge in [0.1, 0.15) is 72.9 Å². The highest BCUT2D eigenvalue weighted by molar-refractivity contribution is 6.19. The maximum Gasteiger partial charge on any atom is 0.216 e. The maximum absolute atomic E-state index is 9.38. The van der Waals surface area contributed by atoms with Crippen LogP contribution in [0.2, 0.25) is 0 Å². The molecule has 0 amide bonds. The summed E-state index contributed by atoms with van der Waals surface area (Å²) in [4.78, 5) is 14.8. The van der Waals surface area contributed by atoms with Gasteiger partial charge in [0.05, 0.1) is 65.0 Å². The zero-order valence-electron chi connectivity index (χ0n) is 97.9. The Labute approximate surface area is 828 Å². The minimum Gasteiger partial charge on any atom is -0.456 e. The van der Waals surface area contributed by atoms with E-state index in [-0.39, 0.29) is 56.9 Å². The Morgan fingerprint density at radius 3 is 0.905 bits per heavy atom. The van der Waals surface area contributed by atoms with Crippen LogP contribution in [0.15, 0.2) is 272 Å². The third-order valence-corrected chi connectivity index (χ3v) is 28.1. The number of rotatable bonds is 11. The molecule has 22 rings (SSSR count). The molecule has 12 heteroatoms. The third kappa shape index (κ3) is 15.9. The van der Waals surface area contributed by atoms with Gasteiger partial charge in [0.2, 0.25) is 22.8 Å². The van der Waals surface area contributed by atoms with Crippen molar-refractivity contribution in [3.05, 3.63) is 379 Å².